The topological polar surface area (TPSA) is 19.0 Å². The van der Waals surface area contributed by atoms with E-state index in [1.807, 2.05) is 0 Å². The van der Waals surface area contributed by atoms with Crippen LogP contribution in [0.5, 0.6) is 0 Å². The molecule has 1 aliphatic heterocycles. The van der Waals surface area contributed by atoms with Gasteiger partial charge in [-0.2, -0.15) is 0 Å². The average Bonchev–Trinajstić information content (AvgIpc) is 2.91. The lowest BCUT2D eigenvalue weighted by Gasteiger charge is -2.33. The normalized spacial score (nSPS) is 18.5. The van der Waals surface area contributed by atoms with Gasteiger partial charge in [0, 0.05) is 27.6 Å². The van der Waals surface area contributed by atoms with Crippen molar-refractivity contribution in [1.29, 1.82) is 0 Å². The van der Waals surface area contributed by atoms with Crippen molar-refractivity contribution in [2.24, 2.45) is 0 Å². The van der Waals surface area contributed by atoms with E-state index in [0.29, 0.717) is 6.04 Å². The molecule has 0 saturated carbocycles. The maximum atomic E-state index is 3.69. The number of aromatic amines is 1. The summed E-state index contributed by atoms with van der Waals surface area (Å²) in [4.78, 5) is 6.15. The van der Waals surface area contributed by atoms with E-state index in [-0.39, 0.29) is 0 Å². The summed E-state index contributed by atoms with van der Waals surface area (Å²) in [6.07, 6.45) is 2.15. The third-order valence-corrected chi connectivity index (χ3v) is 5.57. The molecule has 3 heteroatoms. The number of hydrogen-bond acceptors (Lipinski definition) is 1. The maximum Gasteiger partial charge on any atom is 0.0539 e. The smallest absolute Gasteiger partial charge is 0.0539 e. The summed E-state index contributed by atoms with van der Waals surface area (Å²) in [5, 5.41) is 1.39. The lowest BCUT2D eigenvalue weighted by atomic mass is 9.93. The molecule has 0 bridgehead atoms. The predicted molar refractivity (Wildman–Crippen MR) is 95.2 cm³/mol. The Hall–Kier alpha value is -1.58. The summed E-state index contributed by atoms with van der Waals surface area (Å²) in [7, 11) is 2.23. The Labute approximate surface area is 139 Å². The minimum absolute atomic E-state index is 0.412. The monoisotopic (exact) mass is 354 g/mol. The molecule has 0 saturated heterocycles. The fourth-order valence-corrected chi connectivity index (χ4v) is 4.02. The van der Waals surface area contributed by atoms with Crippen LogP contribution in [0.4, 0.5) is 0 Å². The van der Waals surface area contributed by atoms with E-state index >= 15 is 0 Å². The Balaban J connectivity index is 1.79. The molecule has 112 valence electrons. The van der Waals surface area contributed by atoms with Crippen LogP contribution in [0.25, 0.3) is 10.9 Å². The summed E-state index contributed by atoms with van der Waals surface area (Å²) in [6.45, 7) is 1.12. The Morgan fingerprint density at radius 3 is 2.77 bits per heavy atom. The summed E-state index contributed by atoms with van der Waals surface area (Å²) >= 11 is 3.69. The largest absolute Gasteiger partial charge is 0.357 e. The first-order chi connectivity index (χ1) is 10.7. The van der Waals surface area contributed by atoms with Crippen LogP contribution in [0, 0.1) is 0 Å². The molecule has 3 aromatic rings. The van der Waals surface area contributed by atoms with Crippen LogP contribution in [0.3, 0.4) is 0 Å². The van der Waals surface area contributed by atoms with Crippen molar-refractivity contribution < 1.29 is 0 Å². The van der Waals surface area contributed by atoms with E-state index in [4.69, 9.17) is 0 Å². The van der Waals surface area contributed by atoms with E-state index in [1.54, 1.807) is 0 Å². The van der Waals surface area contributed by atoms with Gasteiger partial charge in [0.25, 0.3) is 0 Å². The second-order valence-electron chi connectivity index (χ2n) is 6.10. The quantitative estimate of drug-likeness (QED) is 0.706. The molecule has 22 heavy (non-hydrogen) atoms. The van der Waals surface area contributed by atoms with Gasteiger partial charge < -0.3 is 4.98 Å². The zero-order chi connectivity index (χ0) is 15.1. The van der Waals surface area contributed by atoms with Gasteiger partial charge in [0.15, 0.2) is 0 Å². The zero-order valence-corrected chi connectivity index (χ0v) is 14.2. The van der Waals surface area contributed by atoms with Gasteiger partial charge in [-0.25, -0.2) is 0 Å². The van der Waals surface area contributed by atoms with Crippen LogP contribution in [-0.4, -0.2) is 23.5 Å². The summed E-state index contributed by atoms with van der Waals surface area (Å²) < 4.78 is 1.20. The lowest BCUT2D eigenvalue weighted by Crippen LogP contribution is -2.33. The van der Waals surface area contributed by atoms with Gasteiger partial charge in [0.05, 0.1) is 6.04 Å². The highest BCUT2D eigenvalue weighted by Gasteiger charge is 2.28. The third kappa shape index (κ3) is 2.29. The van der Waals surface area contributed by atoms with Gasteiger partial charge in [-0.3, -0.25) is 4.90 Å². The van der Waals surface area contributed by atoms with Crippen molar-refractivity contribution >= 4 is 26.8 Å². The number of halogens is 1. The Morgan fingerprint density at radius 1 is 1.14 bits per heavy atom. The molecule has 1 aliphatic rings. The highest BCUT2D eigenvalue weighted by atomic mass is 79.9. The zero-order valence-electron chi connectivity index (χ0n) is 12.6. The molecular weight excluding hydrogens is 336 g/mol. The second-order valence-corrected chi connectivity index (χ2v) is 6.96. The number of hydrogen-bond donors (Lipinski definition) is 1. The Morgan fingerprint density at radius 2 is 1.91 bits per heavy atom. The van der Waals surface area contributed by atoms with Crippen LogP contribution >= 0.6 is 15.9 Å². The van der Waals surface area contributed by atoms with Gasteiger partial charge in [-0.1, -0.05) is 52.3 Å². The summed E-state index contributed by atoms with van der Waals surface area (Å²) in [5.41, 5.74) is 5.53. The predicted octanol–water partition coefficient (Wildman–Crippen LogP) is 4.70. The fraction of sp³-hybridized carbons (Fsp3) is 0.263. The van der Waals surface area contributed by atoms with Crippen molar-refractivity contribution in [2.45, 2.75) is 18.9 Å². The molecule has 0 amide bonds. The van der Waals surface area contributed by atoms with Crippen LogP contribution in [0.2, 0.25) is 0 Å². The molecule has 0 aliphatic carbocycles. The molecule has 2 aromatic carbocycles. The van der Waals surface area contributed by atoms with E-state index in [0.717, 1.165) is 19.4 Å². The average molecular weight is 355 g/mol. The van der Waals surface area contributed by atoms with Gasteiger partial charge in [0.1, 0.15) is 0 Å². The van der Waals surface area contributed by atoms with E-state index in [2.05, 4.69) is 81.4 Å². The van der Waals surface area contributed by atoms with E-state index in [1.165, 1.54) is 32.2 Å². The Bertz CT molecular complexity index is 821. The number of nitrogens with zero attached hydrogens (tertiary/aromatic N) is 1. The van der Waals surface area contributed by atoms with Crippen LogP contribution in [0.1, 0.15) is 22.9 Å². The van der Waals surface area contributed by atoms with Gasteiger partial charge in [-0.05, 0) is 43.1 Å². The molecule has 0 spiro atoms. The van der Waals surface area contributed by atoms with Crippen molar-refractivity contribution in [3.63, 3.8) is 0 Å². The second kappa shape index (κ2) is 5.56. The SMILES string of the molecule is CN1CCc2c([nH]c3ccccc23)C1Cc1ccccc1Br. The first-order valence-electron chi connectivity index (χ1n) is 7.77. The van der Waals surface area contributed by atoms with Crippen molar-refractivity contribution in [3.05, 3.63) is 69.8 Å². The highest BCUT2D eigenvalue weighted by molar-refractivity contribution is 9.10. The molecule has 4 rings (SSSR count). The third-order valence-electron chi connectivity index (χ3n) is 4.80. The minimum Gasteiger partial charge on any atom is -0.357 e. The molecule has 1 unspecified atom stereocenters. The molecular formula is C19H19BrN2. The van der Waals surface area contributed by atoms with Crippen molar-refractivity contribution in [3.8, 4) is 0 Å². The van der Waals surface area contributed by atoms with Crippen LogP contribution in [-0.2, 0) is 12.8 Å². The minimum atomic E-state index is 0.412. The van der Waals surface area contributed by atoms with E-state index in [9.17, 15) is 0 Å². The number of fused-ring (bicyclic) bond motifs is 3. The standard InChI is InChI=1S/C19H19BrN2/c1-22-11-10-15-14-7-3-5-9-17(14)21-19(15)18(22)12-13-6-2-4-8-16(13)20/h2-9,18,21H,10-12H2,1H3. The van der Waals surface area contributed by atoms with Crippen molar-refractivity contribution in [2.75, 3.05) is 13.6 Å². The van der Waals surface area contributed by atoms with Crippen LogP contribution in [0.15, 0.2) is 53.0 Å². The molecule has 1 N–H and O–H groups in total. The van der Waals surface area contributed by atoms with Gasteiger partial charge >= 0.3 is 0 Å². The number of rotatable bonds is 2. The fourth-order valence-electron chi connectivity index (χ4n) is 3.57. The first kappa shape index (κ1) is 14.0. The number of likely N-dealkylation sites (N-methyl/N-ethyl adjacent to an activating group) is 1. The molecule has 2 nitrogen and oxygen atoms in total. The lowest BCUT2D eigenvalue weighted by molar-refractivity contribution is 0.226. The Kier molecular flexibility index (Phi) is 3.55. The molecule has 0 fully saturated rings. The van der Waals surface area contributed by atoms with E-state index < -0.39 is 0 Å². The molecule has 2 heterocycles. The summed E-state index contributed by atoms with van der Waals surface area (Å²) in [5.74, 6) is 0. The number of H-pyrrole nitrogens is 1. The van der Waals surface area contributed by atoms with Crippen LogP contribution < -0.4 is 0 Å². The maximum absolute atomic E-state index is 3.69. The number of benzene rings is 2. The van der Waals surface area contributed by atoms with Gasteiger partial charge in [0.2, 0.25) is 0 Å². The number of para-hydroxylation sites is 1. The number of aromatic nitrogens is 1. The first-order valence-corrected chi connectivity index (χ1v) is 8.56. The summed E-state index contributed by atoms with van der Waals surface area (Å²) in [6, 6.07) is 17.6. The molecule has 1 atom stereocenters. The highest BCUT2D eigenvalue weighted by Crippen LogP contribution is 2.36. The molecule has 1 aromatic heterocycles. The number of nitrogens with one attached hydrogen (secondary N) is 1. The van der Waals surface area contributed by atoms with Gasteiger partial charge in [-0.15, -0.1) is 0 Å². The molecule has 0 radical (unpaired) electrons. The van der Waals surface area contributed by atoms with Crippen molar-refractivity contribution in [1.82, 2.24) is 9.88 Å².